The Balaban J connectivity index is 2.31. The van der Waals surface area contributed by atoms with Crippen molar-refractivity contribution < 1.29 is 0 Å². The van der Waals surface area contributed by atoms with Crippen LogP contribution in [0.1, 0.15) is 0 Å². The van der Waals surface area contributed by atoms with E-state index in [1.165, 1.54) is 15.5 Å². The SMILES string of the molecule is Clc1nc(Cl)c2ccc3c4ccccc4sc3c2n1. The highest BCUT2D eigenvalue weighted by atomic mass is 35.5. The summed E-state index contributed by atoms with van der Waals surface area (Å²) < 4.78 is 2.33. The lowest BCUT2D eigenvalue weighted by atomic mass is 10.1. The molecule has 2 aromatic heterocycles. The van der Waals surface area contributed by atoms with Gasteiger partial charge in [-0.3, -0.25) is 0 Å². The topological polar surface area (TPSA) is 25.8 Å². The first-order chi connectivity index (χ1) is 9.24. The molecule has 0 aliphatic rings. The van der Waals surface area contributed by atoms with Gasteiger partial charge >= 0.3 is 0 Å². The molecule has 0 saturated carbocycles. The third-order valence-corrected chi connectivity index (χ3v) is 4.79. The van der Waals surface area contributed by atoms with E-state index in [1.807, 2.05) is 18.2 Å². The normalized spacial score (nSPS) is 11.7. The molecule has 2 heterocycles. The molecular weight excluding hydrogens is 299 g/mol. The molecule has 0 spiro atoms. The number of hydrogen-bond acceptors (Lipinski definition) is 3. The summed E-state index contributed by atoms with van der Waals surface area (Å²) in [6.07, 6.45) is 0. The summed E-state index contributed by atoms with van der Waals surface area (Å²) in [5, 5.41) is 3.83. The highest BCUT2D eigenvalue weighted by molar-refractivity contribution is 7.26. The lowest BCUT2D eigenvalue weighted by Gasteiger charge is -2.01. The van der Waals surface area contributed by atoms with Crippen LogP contribution in [0, 0.1) is 0 Å². The van der Waals surface area contributed by atoms with Gasteiger partial charge in [-0.15, -0.1) is 11.3 Å². The summed E-state index contributed by atoms with van der Waals surface area (Å²) in [5.74, 6) is 0. The molecule has 0 fully saturated rings. The van der Waals surface area contributed by atoms with Crippen molar-refractivity contribution in [3.05, 3.63) is 46.8 Å². The number of thiophene rings is 1. The van der Waals surface area contributed by atoms with Gasteiger partial charge in [0, 0.05) is 20.9 Å². The van der Waals surface area contributed by atoms with E-state index < -0.39 is 0 Å². The summed E-state index contributed by atoms with van der Waals surface area (Å²) in [5.41, 5.74) is 0.823. The fourth-order valence-electron chi connectivity index (χ4n) is 2.31. The van der Waals surface area contributed by atoms with E-state index in [1.54, 1.807) is 11.3 Å². The van der Waals surface area contributed by atoms with E-state index in [0.29, 0.717) is 5.15 Å². The van der Waals surface area contributed by atoms with Gasteiger partial charge in [-0.1, -0.05) is 35.9 Å². The Hall–Kier alpha value is -1.42. The van der Waals surface area contributed by atoms with Crippen molar-refractivity contribution in [2.75, 3.05) is 0 Å². The Labute approximate surface area is 122 Å². The summed E-state index contributed by atoms with van der Waals surface area (Å²) >= 11 is 13.8. The van der Waals surface area contributed by atoms with Gasteiger partial charge in [-0.05, 0) is 23.7 Å². The van der Waals surface area contributed by atoms with Crippen LogP contribution in [-0.2, 0) is 0 Å². The first-order valence-electron chi connectivity index (χ1n) is 5.67. The second-order valence-electron chi connectivity index (χ2n) is 4.22. The number of halogens is 2. The largest absolute Gasteiger partial charge is 0.224 e. The maximum atomic E-state index is 6.13. The average Bonchev–Trinajstić information content (AvgIpc) is 2.77. The maximum Gasteiger partial charge on any atom is 0.224 e. The number of fused-ring (bicyclic) bond motifs is 5. The van der Waals surface area contributed by atoms with Crippen LogP contribution in [0.5, 0.6) is 0 Å². The van der Waals surface area contributed by atoms with E-state index in [-0.39, 0.29) is 5.28 Å². The van der Waals surface area contributed by atoms with Crippen LogP contribution in [0.15, 0.2) is 36.4 Å². The second kappa shape index (κ2) is 4.04. The van der Waals surface area contributed by atoms with Gasteiger partial charge in [0.25, 0.3) is 0 Å². The fraction of sp³-hybridized carbons (Fsp3) is 0. The lowest BCUT2D eigenvalue weighted by Crippen LogP contribution is -1.86. The molecule has 4 aromatic rings. The molecule has 0 atom stereocenters. The Morgan fingerprint density at radius 2 is 1.63 bits per heavy atom. The molecule has 0 aliphatic carbocycles. The molecular formula is C14H6Cl2N2S. The van der Waals surface area contributed by atoms with Crippen molar-refractivity contribution in [1.82, 2.24) is 9.97 Å². The van der Waals surface area contributed by atoms with Crippen LogP contribution < -0.4 is 0 Å². The molecule has 0 aliphatic heterocycles. The quantitative estimate of drug-likeness (QED) is 0.325. The van der Waals surface area contributed by atoms with Crippen LogP contribution in [0.4, 0.5) is 0 Å². The summed E-state index contributed by atoms with van der Waals surface area (Å²) in [4.78, 5) is 8.33. The number of benzene rings is 2. The van der Waals surface area contributed by atoms with E-state index in [0.717, 1.165) is 15.6 Å². The smallest absolute Gasteiger partial charge is 0.216 e. The summed E-state index contributed by atoms with van der Waals surface area (Å²) in [7, 11) is 0. The Kier molecular flexibility index (Phi) is 2.42. The number of rotatable bonds is 0. The van der Waals surface area contributed by atoms with Gasteiger partial charge in [0.05, 0.1) is 10.2 Å². The van der Waals surface area contributed by atoms with Gasteiger partial charge in [0.2, 0.25) is 5.28 Å². The molecule has 2 aromatic carbocycles. The van der Waals surface area contributed by atoms with Gasteiger partial charge in [0.15, 0.2) is 0 Å². The van der Waals surface area contributed by atoms with E-state index in [9.17, 15) is 0 Å². The van der Waals surface area contributed by atoms with Crippen LogP contribution >= 0.6 is 34.5 Å². The van der Waals surface area contributed by atoms with E-state index in [4.69, 9.17) is 23.2 Å². The molecule has 0 saturated heterocycles. The Bertz CT molecular complexity index is 946. The van der Waals surface area contributed by atoms with Crippen molar-refractivity contribution in [1.29, 1.82) is 0 Å². The summed E-state index contributed by atoms with van der Waals surface area (Å²) in [6, 6.07) is 12.3. The maximum absolute atomic E-state index is 6.13. The molecule has 5 heteroatoms. The zero-order valence-corrected chi connectivity index (χ0v) is 11.9. The molecule has 0 bridgehead atoms. The molecule has 2 nitrogen and oxygen atoms in total. The Morgan fingerprint density at radius 3 is 2.53 bits per heavy atom. The average molecular weight is 305 g/mol. The van der Waals surface area contributed by atoms with E-state index in [2.05, 4.69) is 28.2 Å². The minimum absolute atomic E-state index is 0.183. The molecule has 0 unspecified atom stereocenters. The first kappa shape index (κ1) is 11.4. The molecule has 0 radical (unpaired) electrons. The van der Waals surface area contributed by atoms with Crippen molar-refractivity contribution in [3.8, 4) is 0 Å². The van der Waals surface area contributed by atoms with Crippen molar-refractivity contribution in [2.45, 2.75) is 0 Å². The minimum Gasteiger partial charge on any atom is -0.216 e. The number of aromatic nitrogens is 2. The Morgan fingerprint density at radius 1 is 0.842 bits per heavy atom. The summed E-state index contributed by atoms with van der Waals surface area (Å²) in [6.45, 7) is 0. The van der Waals surface area contributed by atoms with Gasteiger partial charge in [-0.25, -0.2) is 9.97 Å². The van der Waals surface area contributed by atoms with Crippen molar-refractivity contribution >= 4 is 65.6 Å². The monoisotopic (exact) mass is 304 g/mol. The molecule has 0 N–H and O–H groups in total. The van der Waals surface area contributed by atoms with Gasteiger partial charge in [-0.2, -0.15) is 0 Å². The molecule has 0 amide bonds. The number of hydrogen-bond donors (Lipinski definition) is 0. The third kappa shape index (κ3) is 1.62. The van der Waals surface area contributed by atoms with Crippen molar-refractivity contribution in [3.63, 3.8) is 0 Å². The van der Waals surface area contributed by atoms with Crippen LogP contribution in [0.2, 0.25) is 10.4 Å². The molecule has 19 heavy (non-hydrogen) atoms. The molecule has 4 rings (SSSR count). The highest BCUT2D eigenvalue weighted by Gasteiger charge is 2.12. The molecule has 92 valence electrons. The van der Waals surface area contributed by atoms with Crippen LogP contribution in [0.3, 0.4) is 0 Å². The second-order valence-corrected chi connectivity index (χ2v) is 5.97. The minimum atomic E-state index is 0.183. The lowest BCUT2D eigenvalue weighted by molar-refractivity contribution is 1.23. The van der Waals surface area contributed by atoms with Crippen molar-refractivity contribution in [2.24, 2.45) is 0 Å². The zero-order valence-electron chi connectivity index (χ0n) is 9.52. The predicted molar refractivity (Wildman–Crippen MR) is 82.4 cm³/mol. The highest BCUT2D eigenvalue weighted by Crippen LogP contribution is 2.38. The first-order valence-corrected chi connectivity index (χ1v) is 7.24. The standard InChI is InChI=1S/C14H6Cl2N2S/c15-13-9-6-5-8-7-3-1-2-4-10(7)19-12(8)11(9)17-14(16)18-13/h1-6H. The van der Waals surface area contributed by atoms with Gasteiger partial charge in [0.1, 0.15) is 5.15 Å². The van der Waals surface area contributed by atoms with Crippen LogP contribution in [-0.4, -0.2) is 9.97 Å². The van der Waals surface area contributed by atoms with Crippen LogP contribution in [0.25, 0.3) is 31.1 Å². The van der Waals surface area contributed by atoms with Gasteiger partial charge < -0.3 is 0 Å². The third-order valence-electron chi connectivity index (χ3n) is 3.14. The zero-order chi connectivity index (χ0) is 13.0. The number of nitrogens with zero attached hydrogens (tertiary/aromatic N) is 2. The van der Waals surface area contributed by atoms with E-state index >= 15 is 0 Å². The predicted octanol–water partition coefficient (Wildman–Crippen LogP) is 5.30. The fourth-order valence-corrected chi connectivity index (χ4v) is 3.95.